The Labute approximate surface area is 206 Å². The number of likely N-dealkylation sites (N-methyl/N-ethyl adjacent to an activating group) is 1. The van der Waals surface area contributed by atoms with Crippen molar-refractivity contribution in [2.45, 2.75) is 51.1 Å². The molecule has 2 saturated heterocycles. The van der Waals surface area contributed by atoms with E-state index in [9.17, 15) is 12.8 Å². The summed E-state index contributed by atoms with van der Waals surface area (Å²) in [6.07, 6.45) is 4.46. The van der Waals surface area contributed by atoms with E-state index in [0.717, 1.165) is 32.4 Å². The number of aromatic nitrogens is 3. The smallest absolute Gasteiger partial charge is 0.233 e. The topological polar surface area (TPSA) is 121 Å². The third kappa shape index (κ3) is 6.91. The fourth-order valence-electron chi connectivity index (χ4n) is 4.68. The third-order valence-electron chi connectivity index (χ3n) is 6.49. The highest BCUT2D eigenvalue weighted by molar-refractivity contribution is 7.91. The molecular formula is C23H34FN7O3S. The number of ether oxygens (including phenoxy) is 1. The summed E-state index contributed by atoms with van der Waals surface area (Å²) in [6, 6.07) is 4.61. The number of benzene rings is 1. The van der Waals surface area contributed by atoms with Crippen LogP contribution < -0.4 is 20.7 Å². The van der Waals surface area contributed by atoms with Crippen LogP contribution in [0.3, 0.4) is 0 Å². The number of hydrogen-bond acceptors (Lipinski definition) is 10. The van der Waals surface area contributed by atoms with Crippen molar-refractivity contribution in [3.05, 3.63) is 24.0 Å². The van der Waals surface area contributed by atoms with Crippen LogP contribution in [0, 0.1) is 5.82 Å². The molecule has 192 valence electrons. The molecule has 2 atom stereocenters. The summed E-state index contributed by atoms with van der Waals surface area (Å²) >= 11 is 0. The van der Waals surface area contributed by atoms with Crippen molar-refractivity contribution in [2.24, 2.45) is 0 Å². The lowest BCUT2D eigenvalue weighted by Crippen LogP contribution is -2.35. The van der Waals surface area contributed by atoms with E-state index in [1.807, 2.05) is 0 Å². The van der Waals surface area contributed by atoms with Crippen LogP contribution in [-0.4, -0.2) is 78.6 Å². The Kier molecular flexibility index (Phi) is 8.22. The zero-order valence-electron chi connectivity index (χ0n) is 20.3. The number of halogens is 1. The lowest BCUT2D eigenvalue weighted by atomic mass is 10.1. The fourth-order valence-corrected chi connectivity index (χ4v) is 6.36. The number of rotatable bonds is 9. The van der Waals surface area contributed by atoms with Gasteiger partial charge in [-0.05, 0) is 50.9 Å². The van der Waals surface area contributed by atoms with Crippen LogP contribution >= 0.6 is 0 Å². The first-order valence-electron chi connectivity index (χ1n) is 12.2. The van der Waals surface area contributed by atoms with Gasteiger partial charge in [-0.3, -0.25) is 4.90 Å². The van der Waals surface area contributed by atoms with Crippen molar-refractivity contribution in [2.75, 3.05) is 54.2 Å². The molecule has 0 bridgehead atoms. The van der Waals surface area contributed by atoms with Crippen LogP contribution in [0.5, 0.6) is 5.75 Å². The van der Waals surface area contributed by atoms with Crippen molar-refractivity contribution in [3.8, 4) is 5.75 Å². The number of anilines is 4. The van der Waals surface area contributed by atoms with Gasteiger partial charge in [0.05, 0.1) is 18.6 Å². The Hall–Kier alpha value is -2.73. The average Bonchev–Trinajstić information content (AvgIpc) is 3.20. The highest BCUT2D eigenvalue weighted by Crippen LogP contribution is 2.24. The van der Waals surface area contributed by atoms with E-state index in [1.54, 1.807) is 6.07 Å². The zero-order chi connectivity index (χ0) is 24.8. The van der Waals surface area contributed by atoms with Crippen LogP contribution in [0.15, 0.2) is 18.2 Å². The van der Waals surface area contributed by atoms with E-state index in [4.69, 9.17) is 4.74 Å². The molecule has 35 heavy (non-hydrogen) atoms. The second-order valence-corrected chi connectivity index (χ2v) is 11.3. The van der Waals surface area contributed by atoms with E-state index >= 15 is 0 Å². The molecule has 0 radical (unpaired) electrons. The Morgan fingerprint density at radius 1 is 1.11 bits per heavy atom. The van der Waals surface area contributed by atoms with Crippen LogP contribution in [0.1, 0.15) is 39.0 Å². The van der Waals surface area contributed by atoms with E-state index in [2.05, 4.69) is 42.7 Å². The van der Waals surface area contributed by atoms with Crippen molar-refractivity contribution < 1.29 is 17.5 Å². The standard InChI is InChI=1S/C23H34FN7O3S/c1-3-31-11-6-8-18(31)14-25-21-28-22(26-16-9-10-20(34-2)19(24)13-16)30-23(29-21)27-17-7-4-5-12-35(32,33)15-17/h9-10,13,17-18H,3-8,11-12,14-15H2,1-2H3,(H3,25,26,27,28,29,30). The van der Waals surface area contributed by atoms with Crippen molar-refractivity contribution >= 4 is 33.4 Å². The van der Waals surface area contributed by atoms with Crippen LogP contribution in [0.25, 0.3) is 0 Å². The summed E-state index contributed by atoms with van der Waals surface area (Å²) in [7, 11) is -1.72. The van der Waals surface area contributed by atoms with E-state index in [0.29, 0.717) is 37.1 Å². The van der Waals surface area contributed by atoms with Crippen molar-refractivity contribution in [1.82, 2.24) is 19.9 Å². The predicted molar refractivity (Wildman–Crippen MR) is 135 cm³/mol. The van der Waals surface area contributed by atoms with Crippen LogP contribution in [-0.2, 0) is 9.84 Å². The molecule has 3 N–H and O–H groups in total. The number of nitrogens with zero attached hydrogens (tertiary/aromatic N) is 4. The summed E-state index contributed by atoms with van der Waals surface area (Å²) in [5.41, 5.74) is 0.455. The molecule has 10 nitrogen and oxygen atoms in total. The zero-order valence-corrected chi connectivity index (χ0v) is 21.1. The van der Waals surface area contributed by atoms with Crippen LogP contribution in [0.4, 0.5) is 27.9 Å². The number of nitrogens with one attached hydrogen (secondary N) is 3. The lowest BCUT2D eigenvalue weighted by Gasteiger charge is -2.23. The first-order chi connectivity index (χ1) is 16.8. The molecule has 3 heterocycles. The second kappa shape index (κ2) is 11.3. The average molecular weight is 508 g/mol. The molecule has 2 aliphatic heterocycles. The fraction of sp³-hybridized carbons (Fsp3) is 0.609. The monoisotopic (exact) mass is 507 g/mol. The normalized spacial score (nSPS) is 22.4. The first-order valence-corrected chi connectivity index (χ1v) is 14.0. The Balaban J connectivity index is 1.55. The number of hydrogen-bond donors (Lipinski definition) is 3. The minimum absolute atomic E-state index is 0.0431. The second-order valence-electron chi connectivity index (χ2n) is 9.04. The van der Waals surface area contributed by atoms with E-state index < -0.39 is 15.7 Å². The maximum Gasteiger partial charge on any atom is 0.233 e. The summed E-state index contributed by atoms with van der Waals surface area (Å²) in [6.45, 7) is 4.91. The molecule has 0 saturated carbocycles. The number of likely N-dealkylation sites (tertiary alicyclic amines) is 1. The molecule has 1 aromatic carbocycles. The lowest BCUT2D eigenvalue weighted by molar-refractivity contribution is 0.277. The predicted octanol–water partition coefficient (Wildman–Crippen LogP) is 3.04. The van der Waals surface area contributed by atoms with Crippen molar-refractivity contribution in [3.63, 3.8) is 0 Å². The summed E-state index contributed by atoms with van der Waals surface area (Å²) < 4.78 is 43.7. The molecule has 0 spiro atoms. The highest BCUT2D eigenvalue weighted by atomic mass is 32.2. The largest absolute Gasteiger partial charge is 0.494 e. The summed E-state index contributed by atoms with van der Waals surface area (Å²) in [4.78, 5) is 15.9. The van der Waals surface area contributed by atoms with Gasteiger partial charge in [-0.2, -0.15) is 15.0 Å². The van der Waals surface area contributed by atoms with Crippen LogP contribution in [0.2, 0.25) is 0 Å². The van der Waals surface area contributed by atoms with Gasteiger partial charge in [-0.25, -0.2) is 12.8 Å². The minimum Gasteiger partial charge on any atom is -0.494 e. The Morgan fingerprint density at radius 3 is 2.69 bits per heavy atom. The molecule has 0 amide bonds. The molecule has 2 unspecified atom stereocenters. The van der Waals surface area contributed by atoms with Gasteiger partial charge in [0, 0.05) is 30.4 Å². The number of methoxy groups -OCH3 is 1. The molecule has 0 aliphatic carbocycles. The van der Waals surface area contributed by atoms with Gasteiger partial charge in [-0.1, -0.05) is 13.3 Å². The molecule has 4 rings (SSSR count). The molecular weight excluding hydrogens is 473 g/mol. The van der Waals surface area contributed by atoms with E-state index in [-0.39, 0.29) is 35.2 Å². The third-order valence-corrected chi connectivity index (χ3v) is 8.31. The first kappa shape index (κ1) is 25.4. The SMILES string of the molecule is CCN1CCCC1CNc1nc(Nc2ccc(OC)c(F)c2)nc(NC2CCCCS(=O)(=O)C2)n1. The minimum atomic E-state index is -3.12. The Morgan fingerprint density at radius 2 is 1.91 bits per heavy atom. The Bertz CT molecular complexity index is 1120. The van der Waals surface area contributed by atoms with E-state index in [1.165, 1.54) is 19.2 Å². The van der Waals surface area contributed by atoms with Gasteiger partial charge in [0.25, 0.3) is 0 Å². The molecule has 2 fully saturated rings. The molecule has 2 aliphatic rings. The van der Waals surface area contributed by atoms with Gasteiger partial charge < -0.3 is 20.7 Å². The van der Waals surface area contributed by atoms with Gasteiger partial charge in [-0.15, -0.1) is 0 Å². The molecule has 1 aromatic heterocycles. The molecule has 12 heteroatoms. The van der Waals surface area contributed by atoms with Gasteiger partial charge in [0.15, 0.2) is 21.4 Å². The highest BCUT2D eigenvalue weighted by Gasteiger charge is 2.25. The number of sulfone groups is 1. The van der Waals surface area contributed by atoms with Gasteiger partial charge >= 0.3 is 0 Å². The maximum atomic E-state index is 14.2. The summed E-state index contributed by atoms with van der Waals surface area (Å²) in [5, 5.41) is 9.54. The van der Waals surface area contributed by atoms with Gasteiger partial charge in [0.1, 0.15) is 0 Å². The maximum absolute atomic E-state index is 14.2. The quantitative estimate of drug-likeness (QED) is 0.467. The van der Waals surface area contributed by atoms with Gasteiger partial charge in [0.2, 0.25) is 17.8 Å². The molecule has 2 aromatic rings. The summed E-state index contributed by atoms with van der Waals surface area (Å²) in [5.74, 6) is 0.764. The van der Waals surface area contributed by atoms with Crippen molar-refractivity contribution in [1.29, 1.82) is 0 Å².